The van der Waals surface area contributed by atoms with Gasteiger partial charge in [-0.1, -0.05) is 30.4 Å². The number of aromatic nitrogens is 3. The van der Waals surface area contributed by atoms with Gasteiger partial charge >= 0.3 is 0 Å². The first-order valence-electron chi connectivity index (χ1n) is 9.30. The maximum absolute atomic E-state index is 14.0. The molecule has 3 heterocycles. The fourth-order valence-corrected chi connectivity index (χ4v) is 4.75. The lowest BCUT2D eigenvalue weighted by atomic mass is 10.0. The average Bonchev–Trinajstić information content (AvgIpc) is 3.22. The molecule has 1 atom stereocenters. The number of carbonyl (C=O) groups is 1. The third kappa shape index (κ3) is 3.35. The largest absolute Gasteiger partial charge is 0.492 e. The van der Waals surface area contributed by atoms with Gasteiger partial charge in [-0.25, -0.2) is 9.37 Å². The topological polar surface area (TPSA) is 74.0 Å². The quantitative estimate of drug-likeness (QED) is 0.724. The molecule has 1 aromatic carbocycles. The SMILES string of the molecule is CCc1nc2sc([C@H](c3cccc(F)c3)N3CCN(C(C)=O)CC3)c(O)n2n1. The molecular weight excluding hydrogens is 381 g/mol. The van der Waals surface area contributed by atoms with Crippen LogP contribution in [0.1, 0.15) is 36.2 Å². The molecule has 9 heteroatoms. The van der Waals surface area contributed by atoms with Crippen molar-refractivity contribution in [3.63, 3.8) is 0 Å². The summed E-state index contributed by atoms with van der Waals surface area (Å²) in [6.07, 6.45) is 0.684. The molecular formula is C19H22FN5O2S. The number of hydrogen-bond acceptors (Lipinski definition) is 6. The normalized spacial score (nSPS) is 16.6. The monoisotopic (exact) mass is 403 g/mol. The molecule has 0 saturated carbocycles. The molecule has 0 unspecified atom stereocenters. The van der Waals surface area contributed by atoms with Gasteiger partial charge in [0.25, 0.3) is 0 Å². The summed E-state index contributed by atoms with van der Waals surface area (Å²) in [5.74, 6) is 0.439. The van der Waals surface area contributed by atoms with Crippen molar-refractivity contribution in [1.29, 1.82) is 0 Å². The fourth-order valence-electron chi connectivity index (χ4n) is 3.62. The number of rotatable bonds is 4. The van der Waals surface area contributed by atoms with Crippen LogP contribution in [-0.2, 0) is 11.2 Å². The highest BCUT2D eigenvalue weighted by Crippen LogP contribution is 2.40. The first-order valence-corrected chi connectivity index (χ1v) is 10.1. The Labute approximate surface area is 166 Å². The molecule has 3 aromatic rings. The summed E-state index contributed by atoms with van der Waals surface area (Å²) in [5, 5.41) is 15.2. The second-order valence-electron chi connectivity index (χ2n) is 6.87. The summed E-state index contributed by atoms with van der Waals surface area (Å²) in [5.41, 5.74) is 0.756. The number of benzene rings is 1. The summed E-state index contributed by atoms with van der Waals surface area (Å²) in [6, 6.07) is 6.10. The molecule has 28 heavy (non-hydrogen) atoms. The van der Waals surface area contributed by atoms with Crippen LogP contribution >= 0.6 is 11.3 Å². The predicted molar refractivity (Wildman–Crippen MR) is 104 cm³/mol. The number of aryl methyl sites for hydroxylation is 1. The van der Waals surface area contributed by atoms with Crippen molar-refractivity contribution in [2.24, 2.45) is 0 Å². The standard InChI is InChI=1S/C19H22FN5O2S/c1-3-15-21-19-25(22-15)18(27)17(28-19)16(13-5-4-6-14(20)11-13)24-9-7-23(8-10-24)12(2)26/h4-6,11,16,27H,3,7-10H2,1-2H3/t16-/m0/s1. The molecule has 0 spiro atoms. The van der Waals surface area contributed by atoms with Crippen LogP contribution in [0.15, 0.2) is 24.3 Å². The molecule has 1 aliphatic rings. The molecule has 0 aliphatic carbocycles. The Kier molecular flexibility index (Phi) is 5.03. The van der Waals surface area contributed by atoms with Gasteiger partial charge in [0, 0.05) is 39.5 Å². The Balaban J connectivity index is 1.74. The molecule has 148 valence electrons. The molecule has 1 fully saturated rings. The second-order valence-corrected chi connectivity index (χ2v) is 7.87. The first-order chi connectivity index (χ1) is 13.5. The molecule has 0 bridgehead atoms. The van der Waals surface area contributed by atoms with E-state index in [1.165, 1.54) is 28.0 Å². The number of piperazine rings is 1. The molecule has 1 N–H and O–H groups in total. The summed E-state index contributed by atoms with van der Waals surface area (Å²) in [6.45, 7) is 5.99. The van der Waals surface area contributed by atoms with E-state index in [1.54, 1.807) is 17.9 Å². The maximum Gasteiger partial charge on any atom is 0.230 e. The lowest BCUT2D eigenvalue weighted by Gasteiger charge is -2.38. The zero-order valence-corrected chi connectivity index (χ0v) is 16.6. The Bertz CT molecular complexity index is 1010. The van der Waals surface area contributed by atoms with Gasteiger partial charge in [0.05, 0.1) is 10.9 Å². The molecule has 0 radical (unpaired) electrons. The number of thiazole rings is 1. The van der Waals surface area contributed by atoms with Gasteiger partial charge in [-0.3, -0.25) is 9.69 Å². The van der Waals surface area contributed by atoms with Crippen molar-refractivity contribution in [2.75, 3.05) is 26.2 Å². The van der Waals surface area contributed by atoms with Gasteiger partial charge < -0.3 is 10.0 Å². The zero-order chi connectivity index (χ0) is 19.8. The molecule has 1 amide bonds. The molecule has 1 saturated heterocycles. The number of aromatic hydroxyl groups is 1. The van der Waals surface area contributed by atoms with Crippen molar-refractivity contribution < 1.29 is 14.3 Å². The minimum atomic E-state index is -0.330. The Morgan fingerprint density at radius 3 is 2.68 bits per heavy atom. The summed E-state index contributed by atoms with van der Waals surface area (Å²) in [4.78, 5) is 21.4. The van der Waals surface area contributed by atoms with Crippen molar-refractivity contribution in [3.05, 3.63) is 46.3 Å². The number of hydrogen-bond donors (Lipinski definition) is 1. The van der Waals surface area contributed by atoms with Gasteiger partial charge in [-0.15, -0.1) is 5.10 Å². The number of nitrogens with zero attached hydrogens (tertiary/aromatic N) is 5. The Hall–Kier alpha value is -2.52. The van der Waals surface area contributed by atoms with Crippen LogP contribution < -0.4 is 0 Å². The van der Waals surface area contributed by atoms with Gasteiger partial charge in [-0.05, 0) is 17.7 Å². The van der Waals surface area contributed by atoms with Crippen LogP contribution in [0, 0.1) is 5.82 Å². The lowest BCUT2D eigenvalue weighted by Crippen LogP contribution is -2.49. The van der Waals surface area contributed by atoms with E-state index in [9.17, 15) is 14.3 Å². The molecule has 1 aliphatic heterocycles. The van der Waals surface area contributed by atoms with Crippen molar-refractivity contribution >= 4 is 22.2 Å². The molecule has 4 rings (SSSR count). The minimum Gasteiger partial charge on any atom is -0.492 e. The Morgan fingerprint density at radius 2 is 2.07 bits per heavy atom. The van der Waals surface area contributed by atoms with E-state index in [2.05, 4.69) is 15.0 Å². The number of halogens is 1. The third-order valence-electron chi connectivity index (χ3n) is 5.10. The van der Waals surface area contributed by atoms with Gasteiger partial charge in [-0.2, -0.15) is 4.52 Å². The maximum atomic E-state index is 14.0. The highest BCUT2D eigenvalue weighted by atomic mass is 32.1. The van der Waals surface area contributed by atoms with Gasteiger partial charge in [0.1, 0.15) is 5.82 Å². The number of fused-ring (bicyclic) bond motifs is 1. The van der Waals surface area contributed by atoms with Crippen molar-refractivity contribution in [3.8, 4) is 5.88 Å². The van der Waals surface area contributed by atoms with Crippen molar-refractivity contribution in [1.82, 2.24) is 24.4 Å². The van der Waals surface area contributed by atoms with E-state index in [1.807, 2.05) is 13.0 Å². The second kappa shape index (κ2) is 7.48. The van der Waals surface area contributed by atoms with Crippen molar-refractivity contribution in [2.45, 2.75) is 26.3 Å². The summed E-state index contributed by atoms with van der Waals surface area (Å²) in [7, 11) is 0. The van der Waals surface area contributed by atoms with Crippen LogP contribution in [0.25, 0.3) is 4.96 Å². The van der Waals surface area contributed by atoms with E-state index >= 15 is 0 Å². The predicted octanol–water partition coefficient (Wildman–Crippen LogP) is 2.45. The molecule has 2 aromatic heterocycles. The van der Waals surface area contributed by atoms with E-state index in [-0.39, 0.29) is 23.6 Å². The smallest absolute Gasteiger partial charge is 0.230 e. The van der Waals surface area contributed by atoms with E-state index in [0.717, 1.165) is 5.56 Å². The zero-order valence-electron chi connectivity index (χ0n) is 15.8. The van der Waals surface area contributed by atoms with E-state index in [4.69, 9.17) is 0 Å². The number of amides is 1. The van der Waals surface area contributed by atoms with Crippen LogP contribution in [0.2, 0.25) is 0 Å². The lowest BCUT2D eigenvalue weighted by molar-refractivity contribution is -0.130. The minimum absolute atomic E-state index is 0.0375. The summed E-state index contributed by atoms with van der Waals surface area (Å²) >= 11 is 1.36. The number of carbonyl (C=O) groups excluding carboxylic acids is 1. The van der Waals surface area contributed by atoms with Crippen LogP contribution in [-0.4, -0.2) is 61.6 Å². The van der Waals surface area contributed by atoms with Crippen LogP contribution in [0.3, 0.4) is 0 Å². The van der Waals surface area contributed by atoms with Gasteiger partial charge in [0.15, 0.2) is 5.82 Å². The molecule has 7 nitrogen and oxygen atoms in total. The average molecular weight is 403 g/mol. The summed E-state index contributed by atoms with van der Waals surface area (Å²) < 4.78 is 15.4. The first kappa shape index (κ1) is 18.8. The van der Waals surface area contributed by atoms with Crippen LogP contribution in [0.5, 0.6) is 5.88 Å². The Morgan fingerprint density at radius 1 is 1.32 bits per heavy atom. The van der Waals surface area contributed by atoms with Gasteiger partial charge in [0.2, 0.25) is 16.7 Å². The van der Waals surface area contributed by atoms with E-state index in [0.29, 0.717) is 48.3 Å². The van der Waals surface area contributed by atoms with Crippen LogP contribution in [0.4, 0.5) is 4.39 Å². The van der Waals surface area contributed by atoms with E-state index < -0.39 is 0 Å². The fraction of sp³-hybridized carbons (Fsp3) is 0.421. The third-order valence-corrected chi connectivity index (χ3v) is 6.17. The highest BCUT2D eigenvalue weighted by Gasteiger charge is 2.32. The highest BCUT2D eigenvalue weighted by molar-refractivity contribution is 7.17.